The molecule has 1 amide bonds. The van der Waals surface area contributed by atoms with Crippen molar-refractivity contribution in [1.29, 1.82) is 0 Å². The summed E-state index contributed by atoms with van der Waals surface area (Å²) >= 11 is 0. The van der Waals surface area contributed by atoms with Crippen molar-refractivity contribution >= 4 is 5.91 Å². The Kier molecular flexibility index (Phi) is 6.32. The number of carbonyl (C=O) groups excluding carboxylic acids is 1. The third-order valence-corrected chi connectivity index (χ3v) is 8.40. The lowest BCUT2D eigenvalue weighted by Gasteiger charge is -2.36. The predicted molar refractivity (Wildman–Crippen MR) is 128 cm³/mol. The summed E-state index contributed by atoms with van der Waals surface area (Å²) in [6, 6.07) is 14.2. The molecule has 4 nitrogen and oxygen atoms in total. The van der Waals surface area contributed by atoms with Gasteiger partial charge >= 0.3 is 6.18 Å². The molecule has 5 rings (SSSR count). The van der Waals surface area contributed by atoms with Crippen LogP contribution in [-0.4, -0.2) is 41.6 Å². The zero-order chi connectivity index (χ0) is 24.8. The first-order valence-corrected chi connectivity index (χ1v) is 12.6. The van der Waals surface area contributed by atoms with Crippen LogP contribution in [0.1, 0.15) is 62.1 Å². The van der Waals surface area contributed by atoms with Gasteiger partial charge in [0, 0.05) is 12.0 Å². The van der Waals surface area contributed by atoms with Crippen molar-refractivity contribution in [3.8, 4) is 5.75 Å². The highest BCUT2D eigenvalue weighted by molar-refractivity contribution is 5.86. The Labute approximate surface area is 205 Å². The van der Waals surface area contributed by atoms with Crippen LogP contribution in [-0.2, 0) is 17.5 Å². The fourth-order valence-electron chi connectivity index (χ4n) is 6.08. The number of hydrogen-bond donors (Lipinski definition) is 0. The van der Waals surface area contributed by atoms with Crippen LogP contribution in [0, 0.1) is 11.3 Å². The maximum atomic E-state index is 13.7. The Morgan fingerprint density at radius 1 is 1.09 bits per heavy atom. The summed E-state index contributed by atoms with van der Waals surface area (Å²) in [5.74, 6) is 1.16. The highest BCUT2D eigenvalue weighted by Crippen LogP contribution is 2.49. The first-order valence-electron chi connectivity index (χ1n) is 12.6. The summed E-state index contributed by atoms with van der Waals surface area (Å²) in [6.07, 6.45) is -1.30. The number of nitrogens with zero attached hydrogens (tertiary/aromatic N) is 2. The van der Waals surface area contributed by atoms with Gasteiger partial charge in [0.15, 0.2) is 6.23 Å². The summed E-state index contributed by atoms with van der Waals surface area (Å²) in [6.45, 7) is 7.19. The molecule has 3 heterocycles. The number of likely N-dealkylation sites (tertiary alicyclic amines) is 1. The molecule has 7 heteroatoms. The first-order chi connectivity index (χ1) is 16.7. The van der Waals surface area contributed by atoms with Gasteiger partial charge in [-0.25, -0.2) is 0 Å². The van der Waals surface area contributed by atoms with Crippen LogP contribution in [0.3, 0.4) is 0 Å². The molecule has 0 radical (unpaired) electrons. The topological polar surface area (TPSA) is 32.8 Å². The smallest absolute Gasteiger partial charge is 0.416 e. The number of amides is 1. The van der Waals surface area contributed by atoms with Crippen molar-refractivity contribution in [3.05, 3.63) is 65.2 Å². The van der Waals surface area contributed by atoms with E-state index in [-0.39, 0.29) is 18.4 Å². The number of benzene rings is 2. The molecule has 2 aromatic rings. The molecule has 0 N–H and O–H groups in total. The molecular formula is C28H33F3N2O2. The summed E-state index contributed by atoms with van der Waals surface area (Å²) in [7, 11) is 0. The van der Waals surface area contributed by atoms with Crippen LogP contribution < -0.4 is 4.74 Å². The van der Waals surface area contributed by atoms with Crippen LogP contribution in [0.5, 0.6) is 5.75 Å². The van der Waals surface area contributed by atoms with Gasteiger partial charge in [0.1, 0.15) is 5.75 Å². The molecule has 188 valence electrons. The Morgan fingerprint density at radius 3 is 2.46 bits per heavy atom. The van der Waals surface area contributed by atoms with E-state index in [9.17, 15) is 18.0 Å². The van der Waals surface area contributed by atoms with Gasteiger partial charge in [-0.1, -0.05) is 44.2 Å². The van der Waals surface area contributed by atoms with E-state index in [1.807, 2.05) is 6.07 Å². The summed E-state index contributed by atoms with van der Waals surface area (Å²) in [4.78, 5) is 17.8. The van der Waals surface area contributed by atoms with Crippen molar-refractivity contribution in [3.63, 3.8) is 0 Å². The molecule has 0 spiro atoms. The molecule has 35 heavy (non-hydrogen) atoms. The minimum absolute atomic E-state index is 0.0136. The Morgan fingerprint density at radius 2 is 1.80 bits per heavy atom. The molecule has 2 aromatic carbocycles. The van der Waals surface area contributed by atoms with Crippen molar-refractivity contribution in [2.45, 2.75) is 64.4 Å². The van der Waals surface area contributed by atoms with Crippen LogP contribution in [0.4, 0.5) is 13.2 Å². The second-order valence-electron chi connectivity index (χ2n) is 10.6. The van der Waals surface area contributed by atoms with Gasteiger partial charge in [0.25, 0.3) is 0 Å². The molecule has 3 aliphatic rings. The van der Waals surface area contributed by atoms with Gasteiger partial charge in [-0.15, -0.1) is 0 Å². The average molecular weight is 487 g/mol. The van der Waals surface area contributed by atoms with Crippen molar-refractivity contribution in [2.24, 2.45) is 11.3 Å². The molecule has 0 aromatic heterocycles. The van der Waals surface area contributed by atoms with Crippen molar-refractivity contribution < 1.29 is 22.7 Å². The molecule has 2 fully saturated rings. The van der Waals surface area contributed by atoms with E-state index in [2.05, 4.69) is 43.0 Å². The van der Waals surface area contributed by atoms with E-state index < -0.39 is 23.4 Å². The Hall–Kier alpha value is -2.54. The predicted octanol–water partition coefficient (Wildman–Crippen LogP) is 6.07. The van der Waals surface area contributed by atoms with Crippen LogP contribution in [0.15, 0.2) is 48.5 Å². The van der Waals surface area contributed by atoms with E-state index >= 15 is 0 Å². The summed E-state index contributed by atoms with van der Waals surface area (Å²) in [5, 5.41) is 0. The average Bonchev–Trinajstić information content (AvgIpc) is 3.13. The zero-order valence-electron chi connectivity index (χ0n) is 20.4. The van der Waals surface area contributed by atoms with Crippen LogP contribution in [0.2, 0.25) is 0 Å². The van der Waals surface area contributed by atoms with Gasteiger partial charge in [-0.05, 0) is 74.5 Å². The van der Waals surface area contributed by atoms with Gasteiger partial charge in [0.2, 0.25) is 5.91 Å². The molecule has 2 atom stereocenters. The van der Waals surface area contributed by atoms with Gasteiger partial charge in [-0.2, -0.15) is 13.2 Å². The number of piperidine rings is 1. The first kappa shape index (κ1) is 24.2. The molecule has 2 saturated heterocycles. The van der Waals surface area contributed by atoms with Gasteiger partial charge in [0.05, 0.1) is 17.5 Å². The van der Waals surface area contributed by atoms with E-state index in [0.29, 0.717) is 23.7 Å². The van der Waals surface area contributed by atoms with Crippen LogP contribution >= 0.6 is 0 Å². The molecule has 2 unspecified atom stereocenters. The maximum absolute atomic E-state index is 13.7. The minimum atomic E-state index is -4.42. The van der Waals surface area contributed by atoms with Crippen LogP contribution in [0.25, 0.3) is 0 Å². The van der Waals surface area contributed by atoms with E-state index in [4.69, 9.17) is 4.74 Å². The lowest BCUT2D eigenvalue weighted by molar-refractivity contribution is -0.142. The van der Waals surface area contributed by atoms with Crippen molar-refractivity contribution in [1.82, 2.24) is 9.80 Å². The van der Waals surface area contributed by atoms with E-state index in [1.165, 1.54) is 11.6 Å². The van der Waals surface area contributed by atoms with Gasteiger partial charge in [-0.3, -0.25) is 4.79 Å². The summed E-state index contributed by atoms with van der Waals surface area (Å²) in [5.41, 5.74) is 0.556. The van der Waals surface area contributed by atoms with E-state index in [1.54, 1.807) is 4.90 Å². The number of alkyl halides is 3. The highest BCUT2D eigenvalue weighted by Gasteiger charge is 2.55. The number of hydrogen-bond acceptors (Lipinski definition) is 3. The lowest BCUT2D eigenvalue weighted by Crippen LogP contribution is -2.44. The number of rotatable bonds is 5. The zero-order valence-corrected chi connectivity index (χ0v) is 20.4. The second kappa shape index (κ2) is 9.16. The van der Waals surface area contributed by atoms with E-state index in [0.717, 1.165) is 51.0 Å². The fraction of sp³-hybridized carbons (Fsp3) is 0.536. The number of halogens is 3. The van der Waals surface area contributed by atoms with Crippen molar-refractivity contribution in [2.75, 3.05) is 19.6 Å². The third-order valence-electron chi connectivity index (χ3n) is 8.40. The molecule has 0 saturated carbocycles. The fourth-order valence-corrected chi connectivity index (χ4v) is 6.08. The number of carbonyl (C=O) groups is 1. The normalized spacial score (nSPS) is 25.5. The largest absolute Gasteiger partial charge is 0.470 e. The Balaban J connectivity index is 1.25. The standard InChI is InChI=1S/C28H33F3N2O2/c1-19(2)27(12-15-32-13-10-21(11-14-32)20-6-4-3-5-7-20)17-25-33(26(27)34)18-22-16-23(28(29,30)31)8-9-24(22)35-25/h3-9,16,19,21,25H,10-15,17-18H2,1-2H3. The quantitative estimate of drug-likeness (QED) is 0.514. The SMILES string of the molecule is CC(C)C1(CCN2CCC(c3ccccc3)CC2)CC2Oc3ccc(C(F)(F)F)cc3CN2C1=O. The molecule has 3 aliphatic heterocycles. The second-order valence-corrected chi connectivity index (χ2v) is 10.6. The number of ether oxygens (including phenoxy) is 1. The number of fused-ring (bicyclic) bond motifs is 2. The monoisotopic (exact) mass is 486 g/mol. The molecule has 0 aliphatic carbocycles. The highest BCUT2D eigenvalue weighted by atomic mass is 19.4. The minimum Gasteiger partial charge on any atom is -0.470 e. The molecule has 0 bridgehead atoms. The summed E-state index contributed by atoms with van der Waals surface area (Å²) < 4.78 is 45.7. The maximum Gasteiger partial charge on any atom is 0.416 e. The Bertz CT molecular complexity index is 1060. The third kappa shape index (κ3) is 4.55. The lowest BCUT2D eigenvalue weighted by atomic mass is 9.72. The van der Waals surface area contributed by atoms with Gasteiger partial charge < -0.3 is 14.5 Å². The molecular weight excluding hydrogens is 453 g/mol.